The SMILES string of the molecule is O=C1C=CN2CCc3ccccc3C2C1. The molecule has 0 aromatic heterocycles. The van der Waals surface area contributed by atoms with Gasteiger partial charge in [-0.1, -0.05) is 24.3 Å². The minimum atomic E-state index is 0.243. The molecule has 2 heteroatoms. The molecule has 2 aliphatic rings. The molecular formula is C13H13NO. The number of nitrogens with zero attached hydrogens (tertiary/aromatic N) is 1. The Morgan fingerprint density at radius 3 is 3.07 bits per heavy atom. The molecule has 0 aliphatic carbocycles. The largest absolute Gasteiger partial charge is 0.369 e. The Morgan fingerprint density at radius 1 is 1.27 bits per heavy atom. The summed E-state index contributed by atoms with van der Waals surface area (Å²) < 4.78 is 0. The standard InChI is InChI=1S/C13H13NO/c15-11-6-8-14-7-5-10-3-1-2-4-12(10)13(14)9-11/h1-4,6,8,13H,5,7,9H2. The molecule has 2 nitrogen and oxygen atoms in total. The highest BCUT2D eigenvalue weighted by molar-refractivity contribution is 5.91. The van der Waals surface area contributed by atoms with E-state index < -0.39 is 0 Å². The van der Waals surface area contributed by atoms with Crippen molar-refractivity contribution in [2.45, 2.75) is 18.9 Å². The van der Waals surface area contributed by atoms with Crippen molar-refractivity contribution < 1.29 is 4.79 Å². The van der Waals surface area contributed by atoms with Gasteiger partial charge in [-0.3, -0.25) is 4.79 Å². The fourth-order valence-corrected chi connectivity index (χ4v) is 2.51. The van der Waals surface area contributed by atoms with Crippen LogP contribution in [0.1, 0.15) is 23.6 Å². The van der Waals surface area contributed by atoms with Crippen molar-refractivity contribution in [3.8, 4) is 0 Å². The highest BCUT2D eigenvalue weighted by Crippen LogP contribution is 2.34. The van der Waals surface area contributed by atoms with E-state index in [9.17, 15) is 4.79 Å². The smallest absolute Gasteiger partial charge is 0.159 e. The molecule has 0 radical (unpaired) electrons. The number of carbonyl (C=O) groups excluding carboxylic acids is 1. The summed E-state index contributed by atoms with van der Waals surface area (Å²) in [6, 6.07) is 8.75. The summed E-state index contributed by atoms with van der Waals surface area (Å²) in [6.07, 6.45) is 5.37. The summed E-state index contributed by atoms with van der Waals surface area (Å²) in [5.74, 6) is 0.243. The Balaban J connectivity index is 2.06. The van der Waals surface area contributed by atoms with Crippen LogP contribution in [-0.2, 0) is 11.2 Å². The number of benzene rings is 1. The van der Waals surface area contributed by atoms with Crippen LogP contribution in [0.2, 0.25) is 0 Å². The number of hydrogen-bond acceptors (Lipinski definition) is 2. The van der Waals surface area contributed by atoms with Crippen molar-refractivity contribution in [3.05, 3.63) is 47.7 Å². The van der Waals surface area contributed by atoms with E-state index in [1.807, 2.05) is 6.20 Å². The van der Waals surface area contributed by atoms with Crippen molar-refractivity contribution in [1.82, 2.24) is 4.90 Å². The lowest BCUT2D eigenvalue weighted by molar-refractivity contribution is -0.116. The molecule has 0 spiro atoms. The molecule has 2 heterocycles. The van der Waals surface area contributed by atoms with E-state index in [1.54, 1.807) is 6.08 Å². The minimum absolute atomic E-state index is 0.243. The van der Waals surface area contributed by atoms with Gasteiger partial charge in [0.05, 0.1) is 6.04 Å². The maximum absolute atomic E-state index is 11.4. The van der Waals surface area contributed by atoms with Crippen molar-refractivity contribution in [3.63, 3.8) is 0 Å². The van der Waals surface area contributed by atoms with Crippen LogP contribution < -0.4 is 0 Å². The highest BCUT2D eigenvalue weighted by atomic mass is 16.1. The Hall–Kier alpha value is -1.57. The number of hydrogen-bond donors (Lipinski definition) is 0. The Labute approximate surface area is 89.2 Å². The number of carbonyl (C=O) groups is 1. The van der Waals surface area contributed by atoms with Gasteiger partial charge < -0.3 is 4.90 Å². The number of ketones is 1. The molecule has 1 unspecified atom stereocenters. The topological polar surface area (TPSA) is 20.3 Å². The van der Waals surface area contributed by atoms with Crippen molar-refractivity contribution in [1.29, 1.82) is 0 Å². The average molecular weight is 199 g/mol. The van der Waals surface area contributed by atoms with Crippen LogP contribution >= 0.6 is 0 Å². The molecular weight excluding hydrogens is 186 g/mol. The van der Waals surface area contributed by atoms with Gasteiger partial charge in [-0.15, -0.1) is 0 Å². The van der Waals surface area contributed by atoms with E-state index in [1.165, 1.54) is 11.1 Å². The fraction of sp³-hybridized carbons (Fsp3) is 0.308. The first kappa shape index (κ1) is 8.72. The molecule has 0 amide bonds. The summed E-state index contributed by atoms with van der Waals surface area (Å²) in [5, 5.41) is 0. The van der Waals surface area contributed by atoms with Crippen molar-refractivity contribution >= 4 is 5.78 Å². The summed E-state index contributed by atoms with van der Waals surface area (Å²) in [7, 11) is 0. The molecule has 76 valence electrons. The Morgan fingerprint density at radius 2 is 2.13 bits per heavy atom. The van der Waals surface area contributed by atoms with Gasteiger partial charge in [0, 0.05) is 19.2 Å². The molecule has 0 fully saturated rings. The average Bonchev–Trinajstić information content (AvgIpc) is 2.29. The fourth-order valence-electron chi connectivity index (χ4n) is 2.51. The van der Waals surface area contributed by atoms with Crippen LogP contribution in [0.15, 0.2) is 36.5 Å². The molecule has 0 saturated carbocycles. The summed E-state index contributed by atoms with van der Waals surface area (Å²) in [5.41, 5.74) is 2.74. The summed E-state index contributed by atoms with van der Waals surface area (Å²) >= 11 is 0. The van der Waals surface area contributed by atoms with Gasteiger partial charge in [-0.25, -0.2) is 0 Å². The van der Waals surface area contributed by atoms with Crippen LogP contribution in [0.25, 0.3) is 0 Å². The van der Waals surface area contributed by atoms with E-state index in [0.717, 1.165) is 13.0 Å². The molecule has 1 aromatic carbocycles. The van der Waals surface area contributed by atoms with Gasteiger partial charge in [0.1, 0.15) is 0 Å². The number of fused-ring (bicyclic) bond motifs is 3. The van der Waals surface area contributed by atoms with E-state index in [2.05, 4.69) is 29.2 Å². The lowest BCUT2D eigenvalue weighted by atomic mass is 9.88. The maximum Gasteiger partial charge on any atom is 0.159 e. The lowest BCUT2D eigenvalue weighted by Crippen LogP contribution is -2.35. The summed E-state index contributed by atoms with van der Waals surface area (Å²) in [4.78, 5) is 13.7. The van der Waals surface area contributed by atoms with Crippen LogP contribution in [-0.4, -0.2) is 17.2 Å². The third-order valence-electron chi connectivity index (χ3n) is 3.30. The van der Waals surface area contributed by atoms with Gasteiger partial charge in [0.25, 0.3) is 0 Å². The number of allylic oxidation sites excluding steroid dienone is 1. The zero-order valence-corrected chi connectivity index (χ0v) is 8.52. The van der Waals surface area contributed by atoms with E-state index >= 15 is 0 Å². The minimum Gasteiger partial charge on any atom is -0.369 e. The van der Waals surface area contributed by atoms with Gasteiger partial charge in [0.15, 0.2) is 5.78 Å². The molecule has 15 heavy (non-hydrogen) atoms. The maximum atomic E-state index is 11.4. The predicted octanol–water partition coefficient (Wildman–Crippen LogP) is 2.07. The Bertz CT molecular complexity index is 436. The molecule has 0 N–H and O–H groups in total. The second kappa shape index (κ2) is 3.23. The molecule has 1 atom stereocenters. The van der Waals surface area contributed by atoms with E-state index in [-0.39, 0.29) is 11.8 Å². The van der Waals surface area contributed by atoms with Crippen LogP contribution in [0.3, 0.4) is 0 Å². The third-order valence-corrected chi connectivity index (χ3v) is 3.30. The first-order valence-corrected chi connectivity index (χ1v) is 5.39. The molecule has 2 aliphatic heterocycles. The first-order chi connectivity index (χ1) is 7.34. The zero-order chi connectivity index (χ0) is 10.3. The lowest BCUT2D eigenvalue weighted by Gasteiger charge is -2.38. The van der Waals surface area contributed by atoms with Gasteiger partial charge >= 0.3 is 0 Å². The molecule has 3 rings (SSSR count). The van der Waals surface area contributed by atoms with Gasteiger partial charge in [-0.05, 0) is 23.6 Å². The second-order valence-electron chi connectivity index (χ2n) is 4.19. The van der Waals surface area contributed by atoms with Gasteiger partial charge in [-0.2, -0.15) is 0 Å². The highest BCUT2D eigenvalue weighted by Gasteiger charge is 2.28. The van der Waals surface area contributed by atoms with Crippen molar-refractivity contribution in [2.75, 3.05) is 6.54 Å². The van der Waals surface area contributed by atoms with Crippen LogP contribution in [0.5, 0.6) is 0 Å². The third kappa shape index (κ3) is 1.37. The van der Waals surface area contributed by atoms with Gasteiger partial charge in [0.2, 0.25) is 0 Å². The van der Waals surface area contributed by atoms with E-state index in [4.69, 9.17) is 0 Å². The van der Waals surface area contributed by atoms with Crippen LogP contribution in [0.4, 0.5) is 0 Å². The van der Waals surface area contributed by atoms with E-state index in [0.29, 0.717) is 6.42 Å². The number of rotatable bonds is 0. The van der Waals surface area contributed by atoms with Crippen LogP contribution in [0, 0.1) is 0 Å². The molecule has 1 aromatic rings. The second-order valence-corrected chi connectivity index (χ2v) is 4.19. The zero-order valence-electron chi connectivity index (χ0n) is 8.52. The quantitative estimate of drug-likeness (QED) is 0.637. The molecule has 0 bridgehead atoms. The summed E-state index contributed by atoms with van der Waals surface area (Å²) in [6.45, 7) is 1.03. The Kier molecular flexibility index (Phi) is 1.88. The monoisotopic (exact) mass is 199 g/mol. The predicted molar refractivity (Wildman–Crippen MR) is 58.4 cm³/mol. The first-order valence-electron chi connectivity index (χ1n) is 5.39. The molecule has 0 saturated heterocycles. The van der Waals surface area contributed by atoms with Crippen molar-refractivity contribution in [2.24, 2.45) is 0 Å². The normalized spacial score (nSPS) is 23.6.